The zero-order chi connectivity index (χ0) is 8.10. The predicted octanol–water partition coefficient (Wildman–Crippen LogP) is 1.47. The topological polar surface area (TPSA) is 29.5 Å². The van der Waals surface area contributed by atoms with Crippen LogP contribution in [0.15, 0.2) is 24.5 Å². The summed E-state index contributed by atoms with van der Waals surface area (Å²) in [4.78, 5) is 0. The molecule has 1 N–H and O–H groups in total. The lowest BCUT2D eigenvalue weighted by Gasteiger charge is -2.19. The van der Waals surface area contributed by atoms with Crippen molar-refractivity contribution in [1.29, 1.82) is 0 Å². The lowest BCUT2D eigenvalue weighted by atomic mass is 9.92. The van der Waals surface area contributed by atoms with E-state index < -0.39 is 0 Å². The van der Waals surface area contributed by atoms with E-state index in [9.17, 15) is 5.11 Å². The molecule has 1 rings (SSSR count). The SMILES string of the molecule is CO/C=C/[C@@H]1CCC=C[C@@H]1O. The lowest BCUT2D eigenvalue weighted by Crippen LogP contribution is -2.18. The van der Waals surface area contributed by atoms with E-state index in [1.54, 1.807) is 13.4 Å². The minimum absolute atomic E-state index is 0.236. The maximum atomic E-state index is 9.40. The number of methoxy groups -OCH3 is 1. The summed E-state index contributed by atoms with van der Waals surface area (Å²) in [6, 6.07) is 0. The Bertz CT molecular complexity index is 161. The van der Waals surface area contributed by atoms with Crippen LogP contribution in [0.5, 0.6) is 0 Å². The van der Waals surface area contributed by atoms with Crippen LogP contribution in [0.2, 0.25) is 0 Å². The Labute approximate surface area is 67.2 Å². The first kappa shape index (κ1) is 8.34. The molecule has 0 aromatic heterocycles. The number of aliphatic hydroxyl groups is 1. The van der Waals surface area contributed by atoms with Crippen LogP contribution in [0.1, 0.15) is 12.8 Å². The maximum Gasteiger partial charge on any atom is 0.0788 e. The molecule has 0 amide bonds. The van der Waals surface area contributed by atoms with E-state index in [0.717, 1.165) is 12.8 Å². The molecule has 0 saturated carbocycles. The molecule has 2 nitrogen and oxygen atoms in total. The zero-order valence-corrected chi connectivity index (χ0v) is 6.73. The van der Waals surface area contributed by atoms with Crippen molar-refractivity contribution < 1.29 is 9.84 Å². The first-order chi connectivity index (χ1) is 5.34. The van der Waals surface area contributed by atoms with Crippen LogP contribution in [-0.4, -0.2) is 18.3 Å². The third kappa shape index (κ3) is 2.39. The van der Waals surface area contributed by atoms with Crippen molar-refractivity contribution in [3.05, 3.63) is 24.5 Å². The first-order valence-corrected chi connectivity index (χ1v) is 3.89. The van der Waals surface area contributed by atoms with Gasteiger partial charge in [-0.25, -0.2) is 0 Å². The Morgan fingerprint density at radius 1 is 1.64 bits per heavy atom. The van der Waals surface area contributed by atoms with Gasteiger partial charge in [0.1, 0.15) is 0 Å². The third-order valence-electron chi connectivity index (χ3n) is 1.90. The van der Waals surface area contributed by atoms with Gasteiger partial charge < -0.3 is 9.84 Å². The fourth-order valence-corrected chi connectivity index (χ4v) is 1.23. The monoisotopic (exact) mass is 154 g/mol. The number of aliphatic hydroxyl groups excluding tert-OH is 1. The molecule has 0 saturated heterocycles. The van der Waals surface area contributed by atoms with E-state index in [1.807, 2.05) is 18.2 Å². The van der Waals surface area contributed by atoms with Gasteiger partial charge in [0.05, 0.1) is 19.5 Å². The molecular formula is C9H14O2. The van der Waals surface area contributed by atoms with Gasteiger partial charge >= 0.3 is 0 Å². The molecule has 1 aliphatic carbocycles. The fraction of sp³-hybridized carbons (Fsp3) is 0.556. The van der Waals surface area contributed by atoms with Crippen molar-refractivity contribution in [2.45, 2.75) is 18.9 Å². The molecule has 0 spiro atoms. The van der Waals surface area contributed by atoms with Crippen molar-refractivity contribution in [2.24, 2.45) is 5.92 Å². The van der Waals surface area contributed by atoms with Gasteiger partial charge in [0.25, 0.3) is 0 Å². The lowest BCUT2D eigenvalue weighted by molar-refractivity contribution is 0.163. The fourth-order valence-electron chi connectivity index (χ4n) is 1.23. The molecule has 0 fully saturated rings. The van der Waals surface area contributed by atoms with E-state index >= 15 is 0 Å². The second-order valence-electron chi connectivity index (χ2n) is 2.72. The molecule has 62 valence electrons. The average Bonchev–Trinajstić information content (AvgIpc) is 2.03. The number of ether oxygens (including phenoxy) is 1. The Hall–Kier alpha value is -0.760. The van der Waals surface area contributed by atoms with Gasteiger partial charge in [-0.05, 0) is 18.9 Å². The van der Waals surface area contributed by atoms with Gasteiger partial charge in [0.15, 0.2) is 0 Å². The van der Waals surface area contributed by atoms with Crippen LogP contribution in [0.25, 0.3) is 0 Å². The molecule has 0 aliphatic heterocycles. The summed E-state index contributed by atoms with van der Waals surface area (Å²) >= 11 is 0. The van der Waals surface area contributed by atoms with Gasteiger partial charge in [0, 0.05) is 5.92 Å². The highest BCUT2D eigenvalue weighted by molar-refractivity contribution is 5.03. The highest BCUT2D eigenvalue weighted by atomic mass is 16.5. The second kappa shape index (κ2) is 4.19. The molecule has 1 aliphatic rings. The van der Waals surface area contributed by atoms with Crippen molar-refractivity contribution in [2.75, 3.05) is 7.11 Å². The Balaban J connectivity index is 2.44. The highest BCUT2D eigenvalue weighted by Gasteiger charge is 2.15. The number of rotatable bonds is 2. The van der Waals surface area contributed by atoms with Gasteiger partial charge in [-0.1, -0.05) is 12.2 Å². The number of hydrogen-bond acceptors (Lipinski definition) is 2. The predicted molar refractivity (Wildman–Crippen MR) is 44.0 cm³/mol. The summed E-state index contributed by atoms with van der Waals surface area (Å²) in [7, 11) is 1.61. The molecule has 0 heterocycles. The summed E-state index contributed by atoms with van der Waals surface area (Å²) in [5.74, 6) is 0.236. The van der Waals surface area contributed by atoms with Crippen LogP contribution in [0.4, 0.5) is 0 Å². The van der Waals surface area contributed by atoms with Crippen LogP contribution < -0.4 is 0 Å². The standard InChI is InChI=1S/C9H14O2/c1-11-7-6-8-4-2-3-5-9(8)10/h3,5-10H,2,4H2,1H3/b7-6+/t8-,9-/m0/s1. The van der Waals surface area contributed by atoms with Crippen molar-refractivity contribution in [3.63, 3.8) is 0 Å². The summed E-state index contributed by atoms with van der Waals surface area (Å²) in [6.45, 7) is 0. The number of hydrogen-bond donors (Lipinski definition) is 1. The molecule has 2 atom stereocenters. The molecule has 0 bridgehead atoms. The van der Waals surface area contributed by atoms with E-state index in [4.69, 9.17) is 4.74 Å². The van der Waals surface area contributed by atoms with Crippen molar-refractivity contribution >= 4 is 0 Å². The quantitative estimate of drug-likeness (QED) is 0.482. The third-order valence-corrected chi connectivity index (χ3v) is 1.90. The van der Waals surface area contributed by atoms with Crippen LogP contribution in [-0.2, 0) is 4.74 Å². The van der Waals surface area contributed by atoms with Crippen molar-refractivity contribution in [3.8, 4) is 0 Å². The maximum absolute atomic E-state index is 9.40. The Morgan fingerprint density at radius 3 is 3.09 bits per heavy atom. The molecule has 2 heteroatoms. The van der Waals surface area contributed by atoms with Crippen LogP contribution >= 0.6 is 0 Å². The smallest absolute Gasteiger partial charge is 0.0788 e. The largest absolute Gasteiger partial charge is 0.505 e. The number of allylic oxidation sites excluding steroid dienone is 1. The van der Waals surface area contributed by atoms with Crippen molar-refractivity contribution in [1.82, 2.24) is 0 Å². The van der Waals surface area contributed by atoms with Gasteiger partial charge in [0.2, 0.25) is 0 Å². The summed E-state index contributed by atoms with van der Waals surface area (Å²) < 4.78 is 4.78. The van der Waals surface area contributed by atoms with E-state index in [0.29, 0.717) is 0 Å². The molecule has 0 aromatic rings. The molecular weight excluding hydrogens is 140 g/mol. The Kier molecular flexibility index (Phi) is 3.17. The summed E-state index contributed by atoms with van der Waals surface area (Å²) in [6.07, 6.45) is 9.14. The first-order valence-electron chi connectivity index (χ1n) is 3.89. The Morgan fingerprint density at radius 2 is 2.45 bits per heavy atom. The normalized spacial score (nSPS) is 31.1. The van der Waals surface area contributed by atoms with E-state index in [2.05, 4.69) is 0 Å². The van der Waals surface area contributed by atoms with Crippen LogP contribution in [0.3, 0.4) is 0 Å². The minimum Gasteiger partial charge on any atom is -0.505 e. The molecule has 0 aromatic carbocycles. The zero-order valence-electron chi connectivity index (χ0n) is 6.73. The molecule has 0 radical (unpaired) electrons. The molecule has 11 heavy (non-hydrogen) atoms. The van der Waals surface area contributed by atoms with Gasteiger partial charge in [-0.2, -0.15) is 0 Å². The minimum atomic E-state index is -0.324. The highest BCUT2D eigenvalue weighted by Crippen LogP contribution is 2.19. The van der Waals surface area contributed by atoms with Gasteiger partial charge in [-0.15, -0.1) is 0 Å². The van der Waals surface area contributed by atoms with Gasteiger partial charge in [-0.3, -0.25) is 0 Å². The molecule has 0 unspecified atom stereocenters. The summed E-state index contributed by atoms with van der Waals surface area (Å²) in [5, 5.41) is 9.40. The van der Waals surface area contributed by atoms with Crippen LogP contribution in [0, 0.1) is 5.92 Å². The summed E-state index contributed by atoms with van der Waals surface area (Å²) in [5.41, 5.74) is 0. The average molecular weight is 154 g/mol. The van der Waals surface area contributed by atoms with E-state index in [1.165, 1.54) is 0 Å². The van der Waals surface area contributed by atoms with E-state index in [-0.39, 0.29) is 12.0 Å². The second-order valence-corrected chi connectivity index (χ2v) is 2.72.